The summed E-state index contributed by atoms with van der Waals surface area (Å²) in [6.45, 7) is 4.85. The highest BCUT2D eigenvalue weighted by Crippen LogP contribution is 2.33. The van der Waals surface area contributed by atoms with Gasteiger partial charge in [0.2, 0.25) is 11.6 Å². The second-order valence-corrected chi connectivity index (χ2v) is 5.36. The molecule has 110 valence electrons. The van der Waals surface area contributed by atoms with Crippen LogP contribution in [0.25, 0.3) is 0 Å². The summed E-state index contributed by atoms with van der Waals surface area (Å²) in [5, 5.41) is 17.5. The third kappa shape index (κ3) is 3.34. The molecule has 20 heavy (non-hydrogen) atoms. The maximum absolute atomic E-state index is 11.3. The molecule has 1 aliphatic carbocycles. The molecule has 2 atom stereocenters. The van der Waals surface area contributed by atoms with Crippen LogP contribution < -0.4 is 10.6 Å². The molecule has 2 N–H and O–H groups in total. The molecule has 7 nitrogen and oxygen atoms in total. The third-order valence-electron chi connectivity index (χ3n) is 3.58. The Labute approximate surface area is 118 Å². The van der Waals surface area contributed by atoms with Crippen LogP contribution in [0.3, 0.4) is 0 Å². The summed E-state index contributed by atoms with van der Waals surface area (Å²) in [7, 11) is 0. The van der Waals surface area contributed by atoms with Crippen molar-refractivity contribution < 1.29 is 4.92 Å². The van der Waals surface area contributed by atoms with Gasteiger partial charge in [-0.25, -0.2) is 9.97 Å². The largest absolute Gasteiger partial charge is 0.364 e. The van der Waals surface area contributed by atoms with Gasteiger partial charge >= 0.3 is 5.69 Å². The van der Waals surface area contributed by atoms with Crippen LogP contribution in [0, 0.1) is 16.0 Å². The predicted octanol–water partition coefficient (Wildman–Crippen LogP) is 2.81. The van der Waals surface area contributed by atoms with Gasteiger partial charge in [0, 0.05) is 12.6 Å². The highest BCUT2D eigenvalue weighted by molar-refractivity contribution is 5.69. The number of anilines is 2. The molecule has 0 radical (unpaired) electrons. The Morgan fingerprint density at radius 2 is 2.15 bits per heavy atom. The first-order chi connectivity index (χ1) is 9.61. The molecule has 2 unspecified atom stereocenters. The second-order valence-electron chi connectivity index (χ2n) is 5.36. The molecule has 1 fully saturated rings. The number of hydrogen-bond donors (Lipinski definition) is 2. The van der Waals surface area contributed by atoms with Gasteiger partial charge in [-0.3, -0.25) is 10.1 Å². The van der Waals surface area contributed by atoms with Crippen molar-refractivity contribution in [1.82, 2.24) is 9.97 Å². The van der Waals surface area contributed by atoms with Crippen LogP contribution in [0.5, 0.6) is 0 Å². The zero-order valence-corrected chi connectivity index (χ0v) is 11.9. The van der Waals surface area contributed by atoms with Crippen LogP contribution >= 0.6 is 0 Å². The van der Waals surface area contributed by atoms with Crippen molar-refractivity contribution in [3.05, 3.63) is 16.4 Å². The lowest BCUT2D eigenvalue weighted by atomic mass is 10.1. The minimum Gasteiger partial charge on any atom is -0.364 e. The summed E-state index contributed by atoms with van der Waals surface area (Å²) in [5.74, 6) is 1.27. The third-order valence-corrected chi connectivity index (χ3v) is 3.58. The summed E-state index contributed by atoms with van der Waals surface area (Å²) >= 11 is 0. The van der Waals surface area contributed by atoms with Gasteiger partial charge in [0.15, 0.2) is 0 Å². The molecule has 0 amide bonds. The quantitative estimate of drug-likeness (QED) is 0.614. The summed E-state index contributed by atoms with van der Waals surface area (Å²) in [4.78, 5) is 18.9. The fourth-order valence-corrected chi connectivity index (χ4v) is 2.56. The molecule has 1 aliphatic rings. The average molecular weight is 279 g/mol. The molecule has 1 heterocycles. The number of nitrogens with zero attached hydrogens (tertiary/aromatic N) is 3. The Balaban J connectivity index is 2.20. The monoisotopic (exact) mass is 279 g/mol. The van der Waals surface area contributed by atoms with Crippen molar-refractivity contribution in [1.29, 1.82) is 0 Å². The number of aromatic nitrogens is 2. The van der Waals surface area contributed by atoms with E-state index in [4.69, 9.17) is 0 Å². The molecule has 7 heteroatoms. The Hall–Kier alpha value is -1.92. The van der Waals surface area contributed by atoms with Crippen molar-refractivity contribution in [2.75, 3.05) is 17.2 Å². The zero-order chi connectivity index (χ0) is 14.5. The van der Waals surface area contributed by atoms with E-state index in [1.54, 1.807) is 0 Å². The average Bonchev–Trinajstić information content (AvgIpc) is 2.81. The molecular weight excluding hydrogens is 258 g/mol. The maximum Gasteiger partial charge on any atom is 0.353 e. The van der Waals surface area contributed by atoms with Crippen LogP contribution in [0.4, 0.5) is 17.3 Å². The SMILES string of the molecule is CCCNc1ncnc(NC2CCC(C)C2)c1[N+](=O)[O-]. The van der Waals surface area contributed by atoms with Gasteiger partial charge in [-0.05, 0) is 31.6 Å². The number of nitrogens with one attached hydrogen (secondary N) is 2. The van der Waals surface area contributed by atoms with Crippen molar-refractivity contribution in [3.63, 3.8) is 0 Å². The van der Waals surface area contributed by atoms with Crippen LogP contribution in [0.1, 0.15) is 39.5 Å². The van der Waals surface area contributed by atoms with Gasteiger partial charge in [-0.15, -0.1) is 0 Å². The number of hydrogen-bond acceptors (Lipinski definition) is 6. The van der Waals surface area contributed by atoms with E-state index in [9.17, 15) is 10.1 Å². The van der Waals surface area contributed by atoms with Gasteiger partial charge in [0.05, 0.1) is 4.92 Å². The van der Waals surface area contributed by atoms with Gasteiger partial charge in [0.1, 0.15) is 6.33 Å². The van der Waals surface area contributed by atoms with Crippen LogP contribution in [-0.2, 0) is 0 Å². The van der Waals surface area contributed by atoms with Crippen molar-refractivity contribution >= 4 is 17.3 Å². The molecule has 1 aromatic heterocycles. The van der Waals surface area contributed by atoms with Crippen LogP contribution in [0.2, 0.25) is 0 Å². The van der Waals surface area contributed by atoms with Gasteiger partial charge in [-0.1, -0.05) is 13.8 Å². The number of nitro groups is 1. The predicted molar refractivity (Wildman–Crippen MR) is 77.9 cm³/mol. The molecule has 0 aliphatic heterocycles. The lowest BCUT2D eigenvalue weighted by Gasteiger charge is -2.14. The molecule has 1 saturated carbocycles. The fraction of sp³-hybridized carbons (Fsp3) is 0.692. The van der Waals surface area contributed by atoms with Gasteiger partial charge < -0.3 is 10.6 Å². The van der Waals surface area contributed by atoms with Crippen LogP contribution in [-0.4, -0.2) is 27.5 Å². The standard InChI is InChI=1S/C13H21N5O2/c1-3-6-14-12-11(18(19)20)13(16-8-15-12)17-10-5-4-9(2)7-10/h8-10H,3-7H2,1-2H3,(H2,14,15,16,17). The van der Waals surface area contributed by atoms with Gasteiger partial charge in [-0.2, -0.15) is 0 Å². The van der Waals surface area contributed by atoms with Gasteiger partial charge in [0.25, 0.3) is 0 Å². The summed E-state index contributed by atoms with van der Waals surface area (Å²) in [6.07, 6.45) is 5.45. The number of rotatable bonds is 6. The van der Waals surface area contributed by atoms with E-state index >= 15 is 0 Å². The smallest absolute Gasteiger partial charge is 0.353 e. The topological polar surface area (TPSA) is 93.0 Å². The molecule has 0 aromatic carbocycles. The van der Waals surface area contributed by atoms with Crippen LogP contribution in [0.15, 0.2) is 6.33 Å². The van der Waals surface area contributed by atoms with E-state index in [0.717, 1.165) is 25.7 Å². The van der Waals surface area contributed by atoms with E-state index in [0.29, 0.717) is 24.1 Å². The molecule has 0 spiro atoms. The minimum atomic E-state index is -0.418. The lowest BCUT2D eigenvalue weighted by Crippen LogP contribution is -2.18. The summed E-state index contributed by atoms with van der Waals surface area (Å²) in [5.41, 5.74) is -0.0551. The summed E-state index contributed by atoms with van der Waals surface area (Å²) in [6, 6.07) is 0.262. The van der Waals surface area contributed by atoms with E-state index in [1.807, 2.05) is 6.92 Å². The van der Waals surface area contributed by atoms with E-state index in [2.05, 4.69) is 27.5 Å². The highest BCUT2D eigenvalue weighted by atomic mass is 16.6. The fourth-order valence-electron chi connectivity index (χ4n) is 2.56. The Morgan fingerprint density at radius 3 is 2.75 bits per heavy atom. The van der Waals surface area contributed by atoms with E-state index in [1.165, 1.54) is 6.33 Å². The summed E-state index contributed by atoms with van der Waals surface area (Å²) < 4.78 is 0. The van der Waals surface area contributed by atoms with Crippen molar-refractivity contribution in [2.45, 2.75) is 45.6 Å². The first-order valence-corrected chi connectivity index (χ1v) is 7.11. The molecule has 1 aromatic rings. The van der Waals surface area contributed by atoms with Crippen molar-refractivity contribution in [2.24, 2.45) is 5.92 Å². The van der Waals surface area contributed by atoms with Crippen molar-refractivity contribution in [3.8, 4) is 0 Å². The zero-order valence-electron chi connectivity index (χ0n) is 11.9. The lowest BCUT2D eigenvalue weighted by molar-refractivity contribution is -0.383. The first-order valence-electron chi connectivity index (χ1n) is 7.11. The first kappa shape index (κ1) is 14.5. The molecule has 2 rings (SSSR count). The second kappa shape index (κ2) is 6.49. The molecular formula is C13H21N5O2. The Morgan fingerprint density at radius 1 is 1.40 bits per heavy atom. The van der Waals surface area contributed by atoms with E-state index in [-0.39, 0.29) is 11.7 Å². The maximum atomic E-state index is 11.3. The van der Waals surface area contributed by atoms with E-state index < -0.39 is 4.92 Å². The Kier molecular flexibility index (Phi) is 4.70. The highest BCUT2D eigenvalue weighted by Gasteiger charge is 2.27. The molecule has 0 saturated heterocycles. The Bertz CT molecular complexity index is 480. The normalized spacial score (nSPS) is 21.7. The molecule has 0 bridgehead atoms. The minimum absolute atomic E-state index is 0.0551.